The van der Waals surface area contributed by atoms with Gasteiger partial charge >= 0.3 is 0 Å². The van der Waals surface area contributed by atoms with Crippen LogP contribution in [0.1, 0.15) is 25.3 Å². The van der Waals surface area contributed by atoms with Crippen LogP contribution < -0.4 is 16.8 Å². The molecule has 31 heavy (non-hydrogen) atoms. The summed E-state index contributed by atoms with van der Waals surface area (Å²) in [7, 11) is 1.62. The predicted octanol–water partition coefficient (Wildman–Crippen LogP) is 1.43. The first-order valence-electron chi connectivity index (χ1n) is 10.5. The minimum absolute atomic E-state index is 0.00493. The Kier molecular flexibility index (Phi) is 7.75. The maximum atomic E-state index is 14.8. The van der Waals surface area contributed by atoms with Crippen molar-refractivity contribution in [3.8, 4) is 0 Å². The average Bonchev–Trinajstić information content (AvgIpc) is 3.26. The van der Waals surface area contributed by atoms with Gasteiger partial charge in [0.2, 0.25) is 5.91 Å². The van der Waals surface area contributed by atoms with Crippen LogP contribution in [0.3, 0.4) is 0 Å². The molecule has 5 N–H and O–H groups in total. The van der Waals surface area contributed by atoms with E-state index in [1.165, 1.54) is 12.3 Å². The second-order valence-electron chi connectivity index (χ2n) is 7.91. The number of carbonyl (C=O) groups excluding carboxylic acids is 1. The second kappa shape index (κ2) is 10.5. The fourth-order valence-electron chi connectivity index (χ4n) is 4.06. The summed E-state index contributed by atoms with van der Waals surface area (Å²) < 4.78 is 20.2. The van der Waals surface area contributed by atoms with Crippen molar-refractivity contribution in [2.75, 3.05) is 33.4 Å². The number of amides is 1. The van der Waals surface area contributed by atoms with Gasteiger partial charge < -0.3 is 26.4 Å². The number of benzene rings is 1. The van der Waals surface area contributed by atoms with Gasteiger partial charge in [-0.05, 0) is 30.5 Å². The van der Waals surface area contributed by atoms with Gasteiger partial charge in [-0.3, -0.25) is 9.79 Å². The largest absolute Gasteiger partial charge is 0.404 e. The number of nitrogens with two attached hydrogens (primary N) is 2. The van der Waals surface area contributed by atoms with E-state index in [-0.39, 0.29) is 29.6 Å². The first-order chi connectivity index (χ1) is 14.9. The molecule has 3 unspecified atom stereocenters. The Balaban J connectivity index is 1.83. The van der Waals surface area contributed by atoms with Crippen LogP contribution in [0.15, 0.2) is 34.4 Å². The zero-order valence-corrected chi connectivity index (χ0v) is 18.1. The molecule has 3 atom stereocenters. The lowest BCUT2D eigenvalue weighted by molar-refractivity contribution is -0.130. The average molecular weight is 431 g/mol. The van der Waals surface area contributed by atoms with Crippen molar-refractivity contribution in [2.45, 2.75) is 31.8 Å². The molecule has 8 nitrogen and oxygen atoms in total. The lowest BCUT2D eigenvalue weighted by atomic mass is 9.90. The number of allylic oxidation sites excluding steroid dienone is 1. The van der Waals surface area contributed by atoms with Gasteiger partial charge in [-0.1, -0.05) is 6.07 Å². The van der Waals surface area contributed by atoms with Gasteiger partial charge in [-0.15, -0.1) is 0 Å². The summed E-state index contributed by atoms with van der Waals surface area (Å²) in [6.45, 7) is 4.04. The monoisotopic (exact) mass is 430 g/mol. The van der Waals surface area contributed by atoms with Gasteiger partial charge in [0, 0.05) is 69.7 Å². The van der Waals surface area contributed by atoms with Crippen LogP contribution in [0, 0.1) is 11.7 Å². The summed E-state index contributed by atoms with van der Waals surface area (Å²) >= 11 is 0. The number of likely N-dealkylation sites (tertiary alicyclic amines) is 1. The lowest BCUT2D eigenvalue weighted by Crippen LogP contribution is -2.56. The Labute approximate surface area is 182 Å². The Morgan fingerprint density at radius 3 is 2.81 bits per heavy atom. The molecule has 0 bridgehead atoms. The molecule has 0 saturated carbocycles. The van der Waals surface area contributed by atoms with Crippen molar-refractivity contribution in [3.63, 3.8) is 0 Å². The Morgan fingerprint density at radius 1 is 1.39 bits per heavy atom. The Hall–Kier alpha value is -2.78. The maximum absolute atomic E-state index is 14.8. The number of amidine groups is 1. The topological polar surface area (TPSA) is 118 Å². The molecule has 3 rings (SSSR count). The number of hydrogen-bond donors (Lipinski definition) is 3. The minimum Gasteiger partial charge on any atom is -0.404 e. The third-order valence-electron chi connectivity index (χ3n) is 5.80. The molecule has 1 amide bonds. The number of rotatable bonds is 6. The van der Waals surface area contributed by atoms with E-state index >= 15 is 0 Å². The van der Waals surface area contributed by atoms with E-state index < -0.39 is 5.82 Å². The van der Waals surface area contributed by atoms with E-state index in [9.17, 15) is 9.18 Å². The molecular weight excluding hydrogens is 399 g/mol. The van der Waals surface area contributed by atoms with Crippen molar-refractivity contribution in [1.82, 2.24) is 10.2 Å². The highest BCUT2D eigenvalue weighted by molar-refractivity contribution is 6.09. The third kappa shape index (κ3) is 5.68. The smallest absolute Gasteiger partial charge is 0.219 e. The molecule has 1 aromatic carbocycles. The molecule has 2 saturated heterocycles. The van der Waals surface area contributed by atoms with Gasteiger partial charge in [0.05, 0.1) is 6.61 Å². The number of aliphatic imine (C=N–C) groups is 2. The van der Waals surface area contributed by atoms with Crippen molar-refractivity contribution < 1.29 is 13.9 Å². The standard InChI is InChI=1S/C22H31FN6O2/c1-14(30)29-7-5-20(27-17-6-8-31-13-17)18(12-29)22(25)28-21-4-3-15(9-19(21)23)16(10-24)11-26-2/h3-4,9-11,17-18,20,27H,5-8,12-13,24H2,1-2H3,(H2,25,28). The molecular formula is C22H31FN6O2. The van der Waals surface area contributed by atoms with Crippen molar-refractivity contribution in [3.05, 3.63) is 35.8 Å². The highest BCUT2D eigenvalue weighted by Crippen LogP contribution is 2.25. The van der Waals surface area contributed by atoms with Crippen molar-refractivity contribution in [2.24, 2.45) is 27.4 Å². The van der Waals surface area contributed by atoms with Gasteiger partial charge in [0.1, 0.15) is 17.3 Å². The number of halogens is 1. The fraction of sp³-hybridized carbons (Fsp3) is 0.500. The molecule has 1 aromatic rings. The highest BCUT2D eigenvalue weighted by Gasteiger charge is 2.34. The van der Waals surface area contributed by atoms with E-state index in [2.05, 4.69) is 15.3 Å². The van der Waals surface area contributed by atoms with Crippen LogP contribution >= 0.6 is 0 Å². The van der Waals surface area contributed by atoms with E-state index in [0.29, 0.717) is 36.7 Å². The number of hydrogen-bond acceptors (Lipinski definition) is 6. The molecule has 2 fully saturated rings. The molecule has 0 aliphatic carbocycles. The predicted molar refractivity (Wildman–Crippen MR) is 121 cm³/mol. The normalized spacial score (nSPS) is 25.4. The summed E-state index contributed by atoms with van der Waals surface area (Å²) in [5.41, 5.74) is 13.3. The SMILES string of the molecule is CN=CC(=CN)c1ccc(N=C(N)C2CN(C(C)=O)CCC2NC2CCOC2)c(F)c1. The van der Waals surface area contributed by atoms with Crippen LogP contribution in [0.5, 0.6) is 0 Å². The molecule has 2 aliphatic heterocycles. The molecule has 2 aliphatic rings. The molecule has 0 aromatic heterocycles. The molecule has 2 heterocycles. The second-order valence-corrected chi connectivity index (χ2v) is 7.91. The van der Waals surface area contributed by atoms with Gasteiger partial charge in [0.25, 0.3) is 0 Å². The van der Waals surface area contributed by atoms with E-state index in [1.807, 2.05) is 0 Å². The number of carbonyl (C=O) groups is 1. The van der Waals surface area contributed by atoms with E-state index in [1.54, 1.807) is 37.2 Å². The number of nitrogens with zero attached hydrogens (tertiary/aromatic N) is 3. The van der Waals surface area contributed by atoms with Crippen LogP contribution in [0.2, 0.25) is 0 Å². The highest BCUT2D eigenvalue weighted by atomic mass is 19.1. The number of ether oxygens (including phenoxy) is 1. The number of nitrogens with one attached hydrogen (secondary N) is 1. The summed E-state index contributed by atoms with van der Waals surface area (Å²) in [4.78, 5) is 22.0. The molecule has 168 valence electrons. The molecule has 0 radical (unpaired) electrons. The first kappa shape index (κ1) is 22.9. The van der Waals surface area contributed by atoms with E-state index in [4.69, 9.17) is 16.2 Å². The van der Waals surface area contributed by atoms with Crippen LogP contribution in [-0.4, -0.2) is 68.3 Å². The van der Waals surface area contributed by atoms with Crippen molar-refractivity contribution >= 4 is 29.2 Å². The van der Waals surface area contributed by atoms with E-state index in [0.717, 1.165) is 19.4 Å². The fourth-order valence-corrected chi connectivity index (χ4v) is 4.06. The maximum Gasteiger partial charge on any atom is 0.219 e. The van der Waals surface area contributed by atoms with Gasteiger partial charge in [-0.25, -0.2) is 9.38 Å². The Morgan fingerprint density at radius 2 is 2.19 bits per heavy atom. The van der Waals surface area contributed by atoms with Crippen LogP contribution in [0.25, 0.3) is 5.57 Å². The Bertz CT molecular complexity index is 879. The minimum atomic E-state index is -0.503. The van der Waals surface area contributed by atoms with Crippen molar-refractivity contribution in [1.29, 1.82) is 0 Å². The summed E-state index contributed by atoms with van der Waals surface area (Å²) in [6.07, 6.45) is 4.62. The third-order valence-corrected chi connectivity index (χ3v) is 5.80. The van der Waals surface area contributed by atoms with Crippen LogP contribution in [-0.2, 0) is 9.53 Å². The quantitative estimate of drug-likeness (QED) is 0.466. The summed E-state index contributed by atoms with van der Waals surface area (Å²) in [6, 6.07) is 4.96. The van der Waals surface area contributed by atoms with Gasteiger partial charge in [0.15, 0.2) is 0 Å². The zero-order chi connectivity index (χ0) is 22.4. The number of piperidine rings is 1. The zero-order valence-electron chi connectivity index (χ0n) is 18.1. The summed E-state index contributed by atoms with van der Waals surface area (Å²) in [5.74, 6) is -0.422. The lowest BCUT2D eigenvalue weighted by Gasteiger charge is -2.39. The van der Waals surface area contributed by atoms with Crippen LogP contribution in [0.4, 0.5) is 10.1 Å². The molecule has 0 spiro atoms. The summed E-state index contributed by atoms with van der Waals surface area (Å²) in [5, 5.41) is 3.60. The molecule has 9 heteroatoms. The first-order valence-corrected chi connectivity index (χ1v) is 10.5. The van der Waals surface area contributed by atoms with Gasteiger partial charge in [-0.2, -0.15) is 0 Å².